The molecule has 0 amide bonds. The predicted octanol–water partition coefficient (Wildman–Crippen LogP) is 3.05. The lowest BCUT2D eigenvalue weighted by molar-refractivity contribution is 0.242. The minimum atomic E-state index is 0. The van der Waals surface area contributed by atoms with Crippen molar-refractivity contribution in [3.8, 4) is 17.2 Å². The van der Waals surface area contributed by atoms with Gasteiger partial charge >= 0.3 is 0 Å². The van der Waals surface area contributed by atoms with Gasteiger partial charge in [-0.25, -0.2) is 4.99 Å². The maximum atomic E-state index is 5.96. The molecule has 2 aromatic carbocycles. The number of nitrogens with two attached hydrogens (primary N) is 1. The zero-order chi connectivity index (χ0) is 16.9. The van der Waals surface area contributed by atoms with E-state index in [9.17, 15) is 0 Å². The number of nitrogens with one attached hydrogen (secondary N) is 1. The van der Waals surface area contributed by atoms with Crippen LogP contribution in [0.5, 0.6) is 17.2 Å². The molecule has 1 aliphatic rings. The minimum Gasteiger partial charge on any atom is -0.493 e. The Kier molecular flexibility index (Phi) is 6.74. The van der Waals surface area contributed by atoms with Crippen LogP contribution in [0.2, 0.25) is 0 Å². The number of rotatable bonds is 5. The number of methoxy groups -OCH3 is 2. The fourth-order valence-electron chi connectivity index (χ4n) is 2.66. The van der Waals surface area contributed by atoms with Crippen molar-refractivity contribution in [1.82, 2.24) is 0 Å². The molecule has 134 valence electrons. The predicted molar refractivity (Wildman–Crippen MR) is 110 cm³/mol. The third kappa shape index (κ3) is 4.68. The first kappa shape index (κ1) is 19.2. The highest BCUT2D eigenvalue weighted by Gasteiger charge is 2.21. The van der Waals surface area contributed by atoms with Crippen molar-refractivity contribution >= 4 is 35.6 Å². The van der Waals surface area contributed by atoms with Crippen molar-refractivity contribution in [3.05, 3.63) is 48.0 Å². The summed E-state index contributed by atoms with van der Waals surface area (Å²) in [5, 5.41) is 3.05. The average Bonchev–Trinajstić information content (AvgIpc) is 3.03. The summed E-state index contributed by atoms with van der Waals surface area (Å²) in [6, 6.07) is 13.5. The van der Waals surface area contributed by atoms with Gasteiger partial charge in [-0.1, -0.05) is 18.2 Å². The van der Waals surface area contributed by atoms with E-state index in [4.69, 9.17) is 19.9 Å². The Bertz CT molecular complexity index is 727. The zero-order valence-corrected chi connectivity index (χ0v) is 16.5. The molecule has 1 atom stereocenters. The molecular formula is C18H22IN3O3. The summed E-state index contributed by atoms with van der Waals surface area (Å²) in [5.74, 6) is 2.56. The first-order valence-electron chi connectivity index (χ1n) is 7.73. The van der Waals surface area contributed by atoms with E-state index in [1.807, 2.05) is 36.4 Å². The first-order valence-corrected chi connectivity index (χ1v) is 7.73. The molecule has 1 unspecified atom stereocenters. The molecule has 0 spiro atoms. The number of hydrogen-bond acceptors (Lipinski definition) is 4. The van der Waals surface area contributed by atoms with Crippen LogP contribution in [0.1, 0.15) is 5.56 Å². The van der Waals surface area contributed by atoms with Crippen LogP contribution in [0.4, 0.5) is 5.69 Å². The third-order valence-corrected chi connectivity index (χ3v) is 3.84. The van der Waals surface area contributed by atoms with E-state index < -0.39 is 0 Å². The molecule has 2 aromatic rings. The van der Waals surface area contributed by atoms with Crippen LogP contribution in [0.25, 0.3) is 0 Å². The van der Waals surface area contributed by atoms with Gasteiger partial charge < -0.3 is 25.3 Å². The fourth-order valence-corrected chi connectivity index (χ4v) is 2.66. The van der Waals surface area contributed by atoms with Crippen molar-refractivity contribution in [2.75, 3.05) is 26.1 Å². The summed E-state index contributed by atoms with van der Waals surface area (Å²) in [5.41, 5.74) is 7.96. The lowest BCUT2D eigenvalue weighted by Gasteiger charge is -2.12. The number of benzene rings is 2. The topological polar surface area (TPSA) is 78.1 Å². The molecule has 7 heteroatoms. The molecule has 0 fully saturated rings. The number of guanidine groups is 1. The second-order valence-corrected chi connectivity index (χ2v) is 5.47. The van der Waals surface area contributed by atoms with Gasteiger partial charge in [0.2, 0.25) is 0 Å². The summed E-state index contributed by atoms with van der Waals surface area (Å²) >= 11 is 0. The number of anilines is 1. The molecule has 3 rings (SSSR count). The molecule has 0 aliphatic carbocycles. The van der Waals surface area contributed by atoms with E-state index in [1.54, 1.807) is 14.2 Å². The summed E-state index contributed by atoms with van der Waals surface area (Å²) in [6.07, 6.45) is 0.872. The number of hydrogen-bond donors (Lipinski definition) is 2. The van der Waals surface area contributed by atoms with Crippen LogP contribution in [0.15, 0.2) is 47.5 Å². The van der Waals surface area contributed by atoms with Crippen LogP contribution in [-0.2, 0) is 6.42 Å². The van der Waals surface area contributed by atoms with Crippen molar-refractivity contribution in [1.29, 1.82) is 0 Å². The number of nitrogens with zero attached hydrogens (tertiary/aromatic N) is 1. The SMILES string of the molecule is COc1ccc(NC(N)=NCC2Cc3ccccc3O2)cc1OC.I. The maximum absolute atomic E-state index is 5.96. The van der Waals surface area contributed by atoms with E-state index in [1.165, 1.54) is 5.56 Å². The van der Waals surface area contributed by atoms with Gasteiger partial charge in [-0.15, -0.1) is 24.0 Å². The largest absolute Gasteiger partial charge is 0.493 e. The molecule has 0 bridgehead atoms. The van der Waals surface area contributed by atoms with E-state index in [0.29, 0.717) is 24.0 Å². The Morgan fingerprint density at radius 1 is 1.20 bits per heavy atom. The second-order valence-electron chi connectivity index (χ2n) is 5.47. The molecule has 1 aliphatic heterocycles. The fraction of sp³-hybridized carbons (Fsp3) is 0.278. The van der Waals surface area contributed by atoms with Gasteiger partial charge in [-0.3, -0.25) is 0 Å². The Labute approximate surface area is 164 Å². The number of ether oxygens (including phenoxy) is 3. The Morgan fingerprint density at radius 3 is 2.68 bits per heavy atom. The zero-order valence-electron chi connectivity index (χ0n) is 14.2. The average molecular weight is 455 g/mol. The summed E-state index contributed by atoms with van der Waals surface area (Å²) < 4.78 is 16.3. The highest BCUT2D eigenvalue weighted by atomic mass is 127. The highest BCUT2D eigenvalue weighted by Crippen LogP contribution is 2.30. The summed E-state index contributed by atoms with van der Waals surface area (Å²) in [7, 11) is 3.19. The molecular weight excluding hydrogens is 433 g/mol. The number of aliphatic imine (C=N–C) groups is 1. The monoisotopic (exact) mass is 455 g/mol. The smallest absolute Gasteiger partial charge is 0.193 e. The van der Waals surface area contributed by atoms with Gasteiger partial charge in [0, 0.05) is 18.2 Å². The van der Waals surface area contributed by atoms with Crippen LogP contribution in [0, 0.1) is 0 Å². The van der Waals surface area contributed by atoms with Gasteiger partial charge in [0.15, 0.2) is 17.5 Å². The van der Waals surface area contributed by atoms with Crippen LogP contribution in [-0.4, -0.2) is 32.8 Å². The molecule has 0 saturated heterocycles. The second kappa shape index (κ2) is 8.80. The normalized spacial score (nSPS) is 15.6. The quantitative estimate of drug-likeness (QED) is 0.412. The molecule has 1 heterocycles. The van der Waals surface area contributed by atoms with E-state index in [0.717, 1.165) is 17.9 Å². The standard InChI is InChI=1S/C18H21N3O3.HI/c1-22-16-8-7-13(10-17(16)23-2)21-18(19)20-11-14-9-12-5-3-4-6-15(12)24-14;/h3-8,10,14H,9,11H2,1-2H3,(H3,19,20,21);1H. The number of fused-ring (bicyclic) bond motifs is 1. The van der Waals surface area contributed by atoms with Gasteiger partial charge in [0.1, 0.15) is 11.9 Å². The van der Waals surface area contributed by atoms with Gasteiger partial charge in [-0.2, -0.15) is 0 Å². The summed E-state index contributed by atoms with van der Waals surface area (Å²) in [6.45, 7) is 0.501. The molecule has 25 heavy (non-hydrogen) atoms. The third-order valence-electron chi connectivity index (χ3n) is 3.84. The number of para-hydroxylation sites is 1. The van der Waals surface area contributed by atoms with Gasteiger partial charge in [0.25, 0.3) is 0 Å². The van der Waals surface area contributed by atoms with E-state index in [-0.39, 0.29) is 30.1 Å². The van der Waals surface area contributed by atoms with Crippen LogP contribution < -0.4 is 25.3 Å². The van der Waals surface area contributed by atoms with E-state index >= 15 is 0 Å². The van der Waals surface area contributed by atoms with Crippen LogP contribution in [0.3, 0.4) is 0 Å². The number of halogens is 1. The molecule has 6 nitrogen and oxygen atoms in total. The molecule has 3 N–H and O–H groups in total. The van der Waals surface area contributed by atoms with E-state index in [2.05, 4.69) is 16.4 Å². The van der Waals surface area contributed by atoms with Crippen molar-refractivity contribution in [2.24, 2.45) is 10.7 Å². The van der Waals surface area contributed by atoms with Crippen molar-refractivity contribution in [3.63, 3.8) is 0 Å². The Balaban J connectivity index is 0.00000225. The molecule has 0 radical (unpaired) electrons. The molecule has 0 aromatic heterocycles. The lowest BCUT2D eigenvalue weighted by atomic mass is 10.1. The Hall–Kier alpha value is -2.16. The summed E-state index contributed by atoms with van der Waals surface area (Å²) in [4.78, 5) is 4.37. The van der Waals surface area contributed by atoms with Gasteiger partial charge in [-0.05, 0) is 23.8 Å². The van der Waals surface area contributed by atoms with Crippen molar-refractivity contribution in [2.45, 2.75) is 12.5 Å². The minimum absolute atomic E-state index is 0. The first-order chi connectivity index (χ1) is 11.7. The maximum Gasteiger partial charge on any atom is 0.193 e. The van der Waals surface area contributed by atoms with Gasteiger partial charge in [0.05, 0.1) is 20.8 Å². The Morgan fingerprint density at radius 2 is 1.96 bits per heavy atom. The van der Waals surface area contributed by atoms with Crippen LogP contribution >= 0.6 is 24.0 Å². The molecule has 0 saturated carbocycles. The van der Waals surface area contributed by atoms with Crippen molar-refractivity contribution < 1.29 is 14.2 Å². The lowest BCUT2D eigenvalue weighted by Crippen LogP contribution is -2.26. The highest BCUT2D eigenvalue weighted by molar-refractivity contribution is 14.0.